The molecule has 0 unspecified atom stereocenters. The van der Waals surface area contributed by atoms with Gasteiger partial charge in [-0.25, -0.2) is 4.79 Å². The molecule has 5 heteroatoms. The van der Waals surface area contributed by atoms with Gasteiger partial charge in [0.15, 0.2) is 5.78 Å². The third-order valence-corrected chi connectivity index (χ3v) is 2.32. The van der Waals surface area contributed by atoms with Crippen LogP contribution >= 0.6 is 0 Å². The van der Waals surface area contributed by atoms with E-state index in [9.17, 15) is 9.59 Å². The minimum absolute atomic E-state index is 0.0919. The summed E-state index contributed by atoms with van der Waals surface area (Å²) < 4.78 is 9.48. The molecule has 1 aromatic heterocycles. The van der Waals surface area contributed by atoms with Gasteiger partial charge in [-0.15, -0.1) is 0 Å². The number of ketones is 1. The van der Waals surface area contributed by atoms with Gasteiger partial charge in [-0.1, -0.05) is 35.5 Å². The second kappa shape index (κ2) is 5.27. The van der Waals surface area contributed by atoms with Crippen LogP contribution in [0.4, 0.5) is 0 Å². The van der Waals surface area contributed by atoms with Crippen molar-refractivity contribution in [3.05, 3.63) is 53.4 Å². The molecule has 0 amide bonds. The molecule has 18 heavy (non-hydrogen) atoms. The second-order valence-electron chi connectivity index (χ2n) is 3.49. The second-order valence-corrected chi connectivity index (χ2v) is 3.49. The summed E-state index contributed by atoms with van der Waals surface area (Å²) in [5, 5.41) is 3.51. The molecule has 5 nitrogen and oxygen atoms in total. The summed E-state index contributed by atoms with van der Waals surface area (Å²) in [6.07, 6.45) is 1.15. The maximum absolute atomic E-state index is 12.1. The third-order valence-electron chi connectivity index (χ3n) is 2.32. The van der Waals surface area contributed by atoms with Crippen molar-refractivity contribution in [3.8, 4) is 0 Å². The van der Waals surface area contributed by atoms with E-state index in [0.717, 1.165) is 6.26 Å². The molecular weight excluding hydrogens is 234 g/mol. The Morgan fingerprint density at radius 1 is 1.28 bits per heavy atom. The Kier molecular flexibility index (Phi) is 3.52. The minimum Gasteiger partial charge on any atom is -0.461 e. The maximum Gasteiger partial charge on any atom is 0.361 e. The Labute approximate surface area is 103 Å². The average Bonchev–Trinajstić information content (AvgIpc) is 2.88. The summed E-state index contributed by atoms with van der Waals surface area (Å²) in [7, 11) is 0. The zero-order valence-corrected chi connectivity index (χ0v) is 9.75. The Bertz CT molecular complexity index is 559. The number of benzene rings is 1. The Morgan fingerprint density at radius 2 is 2.00 bits per heavy atom. The third kappa shape index (κ3) is 2.29. The number of carbonyl (C=O) groups is 2. The van der Waals surface area contributed by atoms with Crippen LogP contribution in [0.5, 0.6) is 0 Å². The fourth-order valence-corrected chi connectivity index (χ4v) is 1.49. The number of ether oxygens (including phenoxy) is 1. The normalized spacial score (nSPS) is 10.1. The van der Waals surface area contributed by atoms with Crippen LogP contribution in [0.2, 0.25) is 0 Å². The highest BCUT2D eigenvalue weighted by molar-refractivity contribution is 6.13. The SMILES string of the molecule is CCOC(=O)c1nocc1C(=O)c1ccccc1. The zero-order valence-electron chi connectivity index (χ0n) is 9.75. The first-order valence-corrected chi connectivity index (χ1v) is 5.45. The van der Waals surface area contributed by atoms with Gasteiger partial charge in [0.25, 0.3) is 0 Å². The Morgan fingerprint density at radius 3 is 2.67 bits per heavy atom. The Balaban J connectivity index is 2.32. The van der Waals surface area contributed by atoms with E-state index in [-0.39, 0.29) is 23.6 Å². The van der Waals surface area contributed by atoms with Crippen molar-refractivity contribution >= 4 is 11.8 Å². The summed E-state index contributed by atoms with van der Waals surface area (Å²) >= 11 is 0. The minimum atomic E-state index is -0.662. The summed E-state index contributed by atoms with van der Waals surface area (Å²) in [5.41, 5.74) is 0.483. The molecule has 1 heterocycles. The summed E-state index contributed by atoms with van der Waals surface area (Å²) in [5.74, 6) is -0.981. The predicted octanol–water partition coefficient (Wildman–Crippen LogP) is 2.08. The number of hydrogen-bond donors (Lipinski definition) is 0. The summed E-state index contributed by atoms with van der Waals surface area (Å²) in [6.45, 7) is 1.89. The van der Waals surface area contributed by atoms with Gasteiger partial charge >= 0.3 is 5.97 Å². The van der Waals surface area contributed by atoms with Crippen molar-refractivity contribution in [3.63, 3.8) is 0 Å². The van der Waals surface area contributed by atoms with Crippen molar-refractivity contribution in [1.82, 2.24) is 5.16 Å². The number of esters is 1. The quantitative estimate of drug-likeness (QED) is 0.609. The number of nitrogens with zero attached hydrogens (tertiary/aromatic N) is 1. The van der Waals surface area contributed by atoms with E-state index in [1.165, 1.54) is 0 Å². The van der Waals surface area contributed by atoms with Gasteiger partial charge in [0.1, 0.15) is 6.26 Å². The molecule has 0 aliphatic carbocycles. The van der Waals surface area contributed by atoms with E-state index < -0.39 is 5.97 Å². The largest absolute Gasteiger partial charge is 0.461 e. The maximum atomic E-state index is 12.1. The van der Waals surface area contributed by atoms with Gasteiger partial charge < -0.3 is 9.26 Å². The first-order valence-electron chi connectivity index (χ1n) is 5.45. The molecule has 0 aliphatic heterocycles. The molecule has 2 aromatic rings. The van der Waals surface area contributed by atoms with Gasteiger partial charge in [0, 0.05) is 5.56 Å². The van der Waals surface area contributed by atoms with Crippen LogP contribution in [-0.2, 0) is 4.74 Å². The molecule has 0 saturated heterocycles. The Hall–Kier alpha value is -2.43. The molecule has 0 fully saturated rings. The molecule has 0 atom stereocenters. The number of rotatable bonds is 4. The van der Waals surface area contributed by atoms with Gasteiger partial charge in [-0.2, -0.15) is 0 Å². The average molecular weight is 245 g/mol. The molecule has 1 aromatic carbocycles. The van der Waals surface area contributed by atoms with Crippen LogP contribution in [0.1, 0.15) is 33.3 Å². The fraction of sp³-hybridized carbons (Fsp3) is 0.154. The molecule has 0 radical (unpaired) electrons. The van der Waals surface area contributed by atoms with Crippen molar-refractivity contribution < 1.29 is 18.8 Å². The van der Waals surface area contributed by atoms with E-state index in [1.807, 2.05) is 0 Å². The number of aromatic nitrogens is 1. The zero-order chi connectivity index (χ0) is 13.0. The highest BCUT2D eigenvalue weighted by Gasteiger charge is 2.23. The molecule has 0 N–H and O–H groups in total. The lowest BCUT2D eigenvalue weighted by molar-refractivity contribution is 0.0512. The lowest BCUT2D eigenvalue weighted by Gasteiger charge is -2.00. The lowest BCUT2D eigenvalue weighted by Crippen LogP contribution is -2.11. The summed E-state index contributed by atoms with van der Waals surface area (Å²) in [4.78, 5) is 23.7. The van der Waals surface area contributed by atoms with Gasteiger partial charge in [-0.3, -0.25) is 4.79 Å². The topological polar surface area (TPSA) is 69.4 Å². The van der Waals surface area contributed by atoms with E-state index in [2.05, 4.69) is 9.68 Å². The number of hydrogen-bond acceptors (Lipinski definition) is 5. The van der Waals surface area contributed by atoms with Crippen molar-refractivity contribution in [2.45, 2.75) is 6.92 Å². The van der Waals surface area contributed by atoms with Crippen LogP contribution in [0.15, 0.2) is 41.1 Å². The molecule has 92 valence electrons. The standard InChI is InChI=1S/C13H11NO4/c1-2-17-13(16)11-10(8-18-14-11)12(15)9-6-4-3-5-7-9/h3-8H,2H2,1H3. The van der Waals surface area contributed by atoms with Crippen molar-refractivity contribution in [2.24, 2.45) is 0 Å². The van der Waals surface area contributed by atoms with Crippen molar-refractivity contribution in [1.29, 1.82) is 0 Å². The van der Waals surface area contributed by atoms with Crippen LogP contribution < -0.4 is 0 Å². The van der Waals surface area contributed by atoms with Gasteiger partial charge in [0.05, 0.1) is 12.2 Å². The smallest absolute Gasteiger partial charge is 0.361 e. The molecular formula is C13H11NO4. The molecule has 2 rings (SSSR count). The first kappa shape index (κ1) is 12.0. The van der Waals surface area contributed by atoms with E-state index >= 15 is 0 Å². The number of carbonyl (C=O) groups excluding carboxylic acids is 2. The molecule has 0 aliphatic rings. The van der Waals surface area contributed by atoms with Crippen LogP contribution in [0.25, 0.3) is 0 Å². The van der Waals surface area contributed by atoms with Crippen LogP contribution in [-0.4, -0.2) is 23.5 Å². The molecule has 0 bridgehead atoms. The van der Waals surface area contributed by atoms with Crippen LogP contribution in [0.3, 0.4) is 0 Å². The van der Waals surface area contributed by atoms with Crippen molar-refractivity contribution in [2.75, 3.05) is 6.61 Å². The monoisotopic (exact) mass is 245 g/mol. The predicted molar refractivity (Wildman–Crippen MR) is 62.3 cm³/mol. The molecule has 0 spiro atoms. The molecule has 0 saturated carbocycles. The van der Waals surface area contributed by atoms with E-state index in [0.29, 0.717) is 5.56 Å². The lowest BCUT2D eigenvalue weighted by atomic mass is 10.0. The highest BCUT2D eigenvalue weighted by Crippen LogP contribution is 2.14. The van der Waals surface area contributed by atoms with E-state index in [1.54, 1.807) is 37.3 Å². The van der Waals surface area contributed by atoms with Gasteiger partial charge in [-0.05, 0) is 6.92 Å². The van der Waals surface area contributed by atoms with Crippen LogP contribution in [0, 0.1) is 0 Å². The van der Waals surface area contributed by atoms with E-state index in [4.69, 9.17) is 4.74 Å². The fourth-order valence-electron chi connectivity index (χ4n) is 1.49. The summed E-state index contributed by atoms with van der Waals surface area (Å²) in [6, 6.07) is 8.60. The first-order chi connectivity index (χ1) is 8.74. The highest BCUT2D eigenvalue weighted by atomic mass is 16.5. The van der Waals surface area contributed by atoms with Gasteiger partial charge in [0.2, 0.25) is 5.69 Å².